The summed E-state index contributed by atoms with van der Waals surface area (Å²) in [4.78, 5) is 24.1. The van der Waals surface area contributed by atoms with E-state index in [4.69, 9.17) is 11.6 Å². The van der Waals surface area contributed by atoms with Crippen LogP contribution in [0.1, 0.15) is 20.7 Å². The third-order valence-electron chi connectivity index (χ3n) is 3.61. The molecule has 0 saturated carbocycles. The predicted octanol–water partition coefficient (Wildman–Crippen LogP) is 2.77. The molecule has 0 saturated heterocycles. The Bertz CT molecular complexity index is 959. The Labute approximate surface area is 156 Å². The number of anilines is 2. The zero-order chi connectivity index (χ0) is 19.5. The molecule has 0 unspecified atom stereocenters. The molecule has 0 spiro atoms. The average Bonchev–Trinajstić information content (AvgIpc) is 2.61. The lowest BCUT2D eigenvalue weighted by Gasteiger charge is -2.17. The molecule has 1 amide bonds. The minimum atomic E-state index is -3.45. The van der Waals surface area contributed by atoms with Crippen LogP contribution >= 0.6 is 11.6 Å². The maximum atomic E-state index is 12.5. The summed E-state index contributed by atoms with van der Waals surface area (Å²) in [6, 6.07) is 10.5. The van der Waals surface area contributed by atoms with Gasteiger partial charge in [-0.05, 0) is 36.4 Å². The Morgan fingerprint density at radius 1 is 1.12 bits per heavy atom. The molecule has 2 rings (SSSR count). The molecule has 0 bridgehead atoms. The summed E-state index contributed by atoms with van der Waals surface area (Å²) >= 11 is 6.06. The van der Waals surface area contributed by atoms with Crippen LogP contribution in [0.3, 0.4) is 0 Å². The van der Waals surface area contributed by atoms with E-state index in [1.807, 2.05) is 0 Å². The van der Waals surface area contributed by atoms with Crippen molar-refractivity contribution in [2.24, 2.45) is 0 Å². The van der Waals surface area contributed by atoms with Crippen molar-refractivity contribution in [1.82, 2.24) is 0 Å². The zero-order valence-corrected chi connectivity index (χ0v) is 15.9. The lowest BCUT2D eigenvalue weighted by molar-refractivity contribution is 0.0600. The molecule has 0 aromatic heterocycles. The summed E-state index contributed by atoms with van der Waals surface area (Å²) in [5.74, 6) is -1.06. The molecule has 0 heterocycles. The van der Waals surface area contributed by atoms with Crippen LogP contribution in [0.5, 0.6) is 0 Å². The van der Waals surface area contributed by atoms with Gasteiger partial charge in [0.1, 0.15) is 0 Å². The van der Waals surface area contributed by atoms with Crippen molar-refractivity contribution in [3.8, 4) is 0 Å². The summed E-state index contributed by atoms with van der Waals surface area (Å²) in [5.41, 5.74) is 1.05. The summed E-state index contributed by atoms with van der Waals surface area (Å²) in [7, 11) is -0.812. The Balaban J connectivity index is 2.30. The van der Waals surface area contributed by atoms with Gasteiger partial charge in [0.2, 0.25) is 10.0 Å². The summed E-state index contributed by atoms with van der Waals surface area (Å²) in [6.45, 7) is 0. The highest BCUT2D eigenvalue weighted by atomic mass is 35.5. The van der Waals surface area contributed by atoms with Gasteiger partial charge in [0.15, 0.2) is 0 Å². The molecular formula is C17H17ClN2O5S. The van der Waals surface area contributed by atoms with Crippen molar-refractivity contribution in [1.29, 1.82) is 0 Å². The minimum absolute atomic E-state index is 0.234. The number of nitrogens with zero attached hydrogens (tertiary/aromatic N) is 1. The van der Waals surface area contributed by atoms with Gasteiger partial charge in [-0.15, -0.1) is 0 Å². The summed E-state index contributed by atoms with van der Waals surface area (Å²) < 4.78 is 29.0. The molecule has 0 aliphatic carbocycles. The van der Waals surface area contributed by atoms with E-state index in [2.05, 4.69) is 10.1 Å². The largest absolute Gasteiger partial charge is 0.465 e. The first-order valence-electron chi connectivity index (χ1n) is 7.36. The fraction of sp³-hybridized carbons (Fsp3) is 0.176. The fourth-order valence-electron chi connectivity index (χ4n) is 2.09. The highest BCUT2D eigenvalue weighted by molar-refractivity contribution is 7.92. The molecular weight excluding hydrogens is 380 g/mol. The first-order chi connectivity index (χ1) is 12.1. The van der Waals surface area contributed by atoms with Crippen LogP contribution in [0.4, 0.5) is 11.4 Å². The summed E-state index contributed by atoms with van der Waals surface area (Å²) in [5, 5.41) is 2.85. The van der Waals surface area contributed by atoms with Crippen molar-refractivity contribution in [3.63, 3.8) is 0 Å². The van der Waals surface area contributed by atoms with E-state index in [0.717, 1.165) is 10.6 Å². The van der Waals surface area contributed by atoms with E-state index in [1.54, 1.807) is 12.1 Å². The van der Waals surface area contributed by atoms with Gasteiger partial charge in [-0.1, -0.05) is 17.7 Å². The van der Waals surface area contributed by atoms with Crippen LogP contribution in [0, 0.1) is 0 Å². The van der Waals surface area contributed by atoms with Crippen LogP contribution in [-0.2, 0) is 14.8 Å². The molecule has 7 nitrogen and oxygen atoms in total. The van der Waals surface area contributed by atoms with Gasteiger partial charge in [-0.25, -0.2) is 13.2 Å². The van der Waals surface area contributed by atoms with E-state index < -0.39 is 21.9 Å². The number of sulfonamides is 1. The minimum Gasteiger partial charge on any atom is -0.465 e. The van der Waals surface area contributed by atoms with E-state index >= 15 is 0 Å². The van der Waals surface area contributed by atoms with Gasteiger partial charge in [-0.2, -0.15) is 0 Å². The van der Waals surface area contributed by atoms with Crippen molar-refractivity contribution >= 4 is 44.9 Å². The fourth-order valence-corrected chi connectivity index (χ4v) is 2.76. The number of ether oxygens (including phenoxy) is 1. The maximum Gasteiger partial charge on any atom is 0.337 e. The first-order valence-corrected chi connectivity index (χ1v) is 9.59. The van der Waals surface area contributed by atoms with E-state index in [0.29, 0.717) is 5.69 Å². The maximum absolute atomic E-state index is 12.5. The number of halogens is 1. The molecule has 1 N–H and O–H groups in total. The number of nitrogens with one attached hydrogen (secondary N) is 1. The van der Waals surface area contributed by atoms with Gasteiger partial charge < -0.3 is 10.1 Å². The van der Waals surface area contributed by atoms with Crippen molar-refractivity contribution in [3.05, 3.63) is 58.6 Å². The topological polar surface area (TPSA) is 92.8 Å². The highest BCUT2D eigenvalue weighted by Gasteiger charge is 2.16. The summed E-state index contributed by atoms with van der Waals surface area (Å²) in [6.07, 6.45) is 1.07. The van der Waals surface area contributed by atoms with Crippen molar-refractivity contribution in [2.45, 2.75) is 0 Å². The van der Waals surface area contributed by atoms with E-state index in [-0.39, 0.29) is 21.8 Å². The van der Waals surface area contributed by atoms with Crippen LogP contribution in [-0.4, -0.2) is 40.7 Å². The quantitative estimate of drug-likeness (QED) is 0.784. The monoisotopic (exact) mass is 396 g/mol. The number of carbonyl (C=O) groups excluding carboxylic acids is 2. The predicted molar refractivity (Wildman–Crippen MR) is 100 cm³/mol. The third-order valence-corrected chi connectivity index (χ3v) is 5.14. The average molecular weight is 397 g/mol. The second-order valence-electron chi connectivity index (χ2n) is 5.42. The van der Waals surface area contributed by atoms with Gasteiger partial charge in [0.05, 0.1) is 35.3 Å². The standard InChI is InChI=1S/C17H17ClN2O5S/c1-20(26(3,23)24)13-6-4-5-11(9-13)16(21)19-15-10-12(17(22)25-2)7-8-14(15)18/h4-10H,1-3H3,(H,19,21). The van der Waals surface area contributed by atoms with Crippen molar-refractivity contribution in [2.75, 3.05) is 30.0 Å². The van der Waals surface area contributed by atoms with Crippen LogP contribution < -0.4 is 9.62 Å². The molecule has 0 radical (unpaired) electrons. The molecule has 0 aliphatic heterocycles. The Kier molecular flexibility index (Phi) is 5.89. The number of hydrogen-bond donors (Lipinski definition) is 1. The molecule has 9 heteroatoms. The SMILES string of the molecule is COC(=O)c1ccc(Cl)c(NC(=O)c2cccc(N(C)S(C)(=O)=O)c2)c1. The van der Waals surface area contributed by atoms with Gasteiger partial charge in [-0.3, -0.25) is 9.10 Å². The van der Waals surface area contributed by atoms with Gasteiger partial charge in [0.25, 0.3) is 5.91 Å². The van der Waals surface area contributed by atoms with Crippen LogP contribution in [0.2, 0.25) is 5.02 Å². The normalized spacial score (nSPS) is 10.9. The smallest absolute Gasteiger partial charge is 0.337 e. The van der Waals surface area contributed by atoms with Gasteiger partial charge in [0, 0.05) is 12.6 Å². The van der Waals surface area contributed by atoms with Crippen LogP contribution in [0.15, 0.2) is 42.5 Å². The van der Waals surface area contributed by atoms with E-state index in [1.165, 1.54) is 44.5 Å². The molecule has 138 valence electrons. The first kappa shape index (κ1) is 19.7. The molecule has 0 fully saturated rings. The second kappa shape index (κ2) is 7.76. The molecule has 26 heavy (non-hydrogen) atoms. The molecule has 0 aliphatic rings. The molecule has 0 atom stereocenters. The van der Waals surface area contributed by atoms with Crippen LogP contribution in [0.25, 0.3) is 0 Å². The van der Waals surface area contributed by atoms with Crippen molar-refractivity contribution < 1.29 is 22.7 Å². The number of hydrogen-bond acceptors (Lipinski definition) is 5. The lowest BCUT2D eigenvalue weighted by Crippen LogP contribution is -2.25. The zero-order valence-electron chi connectivity index (χ0n) is 14.3. The Morgan fingerprint density at radius 3 is 2.42 bits per heavy atom. The second-order valence-corrected chi connectivity index (χ2v) is 7.84. The Morgan fingerprint density at radius 2 is 1.81 bits per heavy atom. The third kappa shape index (κ3) is 4.53. The van der Waals surface area contributed by atoms with E-state index in [9.17, 15) is 18.0 Å². The highest BCUT2D eigenvalue weighted by Crippen LogP contribution is 2.25. The number of amides is 1. The number of benzene rings is 2. The molecule has 2 aromatic carbocycles. The number of methoxy groups -OCH3 is 1. The number of carbonyl (C=O) groups is 2. The number of esters is 1. The lowest BCUT2D eigenvalue weighted by atomic mass is 10.1. The molecule has 2 aromatic rings. The number of rotatable bonds is 5. The Hall–Kier alpha value is -2.58. The van der Waals surface area contributed by atoms with Gasteiger partial charge >= 0.3 is 5.97 Å².